The third-order valence-corrected chi connectivity index (χ3v) is 7.91. The highest BCUT2D eigenvalue weighted by atomic mass is 19.1. The summed E-state index contributed by atoms with van der Waals surface area (Å²) in [6.45, 7) is 6.23. The predicted octanol–water partition coefficient (Wildman–Crippen LogP) is 8.80. The topological polar surface area (TPSA) is 9.23 Å². The fraction of sp³-hybridized carbons (Fsp3) is 0.375. The summed E-state index contributed by atoms with van der Waals surface area (Å²) in [5.41, 5.74) is 5.53. The van der Waals surface area contributed by atoms with Crippen molar-refractivity contribution in [2.75, 3.05) is 0 Å². The molecule has 1 aliphatic carbocycles. The van der Waals surface area contributed by atoms with Gasteiger partial charge in [-0.2, -0.15) is 0 Å². The van der Waals surface area contributed by atoms with Crippen LogP contribution in [0.3, 0.4) is 0 Å². The summed E-state index contributed by atoms with van der Waals surface area (Å²) in [5, 5.41) is 0. The lowest BCUT2D eigenvalue weighted by Gasteiger charge is -2.48. The van der Waals surface area contributed by atoms with Gasteiger partial charge in [0.15, 0.2) is 6.17 Å². The minimum absolute atomic E-state index is 0.130. The van der Waals surface area contributed by atoms with Crippen molar-refractivity contribution in [1.82, 2.24) is 0 Å². The van der Waals surface area contributed by atoms with Gasteiger partial charge in [-0.05, 0) is 85.4 Å². The molecule has 1 aliphatic heterocycles. The van der Waals surface area contributed by atoms with E-state index in [2.05, 4.69) is 12.8 Å². The van der Waals surface area contributed by atoms with Crippen LogP contribution in [0.25, 0.3) is 11.1 Å². The first-order valence-corrected chi connectivity index (χ1v) is 12.7. The van der Waals surface area contributed by atoms with E-state index in [-0.39, 0.29) is 23.3 Å². The van der Waals surface area contributed by atoms with Crippen molar-refractivity contribution in [3.8, 4) is 29.2 Å². The maximum atomic E-state index is 16.7. The van der Waals surface area contributed by atoms with E-state index in [4.69, 9.17) is 11.2 Å². The minimum atomic E-state index is -1.37. The summed E-state index contributed by atoms with van der Waals surface area (Å²) in [6, 6.07) is 16.0. The van der Waals surface area contributed by atoms with Crippen LogP contribution in [-0.4, -0.2) is 5.60 Å². The summed E-state index contributed by atoms with van der Waals surface area (Å²) < 4.78 is 37.3. The Morgan fingerprint density at radius 2 is 1.80 bits per heavy atom. The van der Waals surface area contributed by atoms with Crippen LogP contribution in [0.15, 0.2) is 54.6 Å². The van der Waals surface area contributed by atoms with Crippen LogP contribution >= 0.6 is 0 Å². The molecule has 1 heterocycles. The van der Waals surface area contributed by atoms with Gasteiger partial charge in [-0.25, -0.2) is 8.78 Å². The second-order valence-corrected chi connectivity index (χ2v) is 10.3. The molecule has 1 spiro atoms. The molecular formula is C32H32F2O. The first-order chi connectivity index (χ1) is 16.9. The monoisotopic (exact) mass is 470 g/mol. The Balaban J connectivity index is 1.82. The van der Waals surface area contributed by atoms with Gasteiger partial charge in [0.05, 0.1) is 0 Å². The molecule has 1 nitrogen and oxygen atoms in total. The van der Waals surface area contributed by atoms with Crippen LogP contribution in [0.4, 0.5) is 8.78 Å². The summed E-state index contributed by atoms with van der Waals surface area (Å²) in [6.07, 6.45) is 9.46. The lowest BCUT2D eigenvalue weighted by Crippen LogP contribution is -2.46. The SMILES string of the molecule is C#CC(CC)c1cc2c(c(-c3ccc(F)cc3)c1C(F)c1ccc(C)cc1)C(C)CC1(CCC1)O2. The van der Waals surface area contributed by atoms with E-state index in [1.165, 1.54) is 18.6 Å². The van der Waals surface area contributed by atoms with Gasteiger partial charge < -0.3 is 4.74 Å². The third-order valence-electron chi connectivity index (χ3n) is 7.91. The van der Waals surface area contributed by atoms with Gasteiger partial charge in [-0.3, -0.25) is 0 Å². The molecule has 0 saturated heterocycles. The van der Waals surface area contributed by atoms with E-state index in [1.54, 1.807) is 12.1 Å². The van der Waals surface area contributed by atoms with Gasteiger partial charge in [0, 0.05) is 17.0 Å². The third kappa shape index (κ3) is 4.14. The lowest BCUT2D eigenvalue weighted by molar-refractivity contribution is -0.0317. The zero-order chi connectivity index (χ0) is 24.7. The summed E-state index contributed by atoms with van der Waals surface area (Å²) in [7, 11) is 0. The van der Waals surface area contributed by atoms with Gasteiger partial charge in [0.1, 0.15) is 17.2 Å². The van der Waals surface area contributed by atoms with E-state index in [0.29, 0.717) is 17.5 Å². The second kappa shape index (κ2) is 9.15. The average molecular weight is 471 g/mol. The highest BCUT2D eigenvalue weighted by Gasteiger charge is 2.46. The highest BCUT2D eigenvalue weighted by molar-refractivity contribution is 5.78. The number of hydrogen-bond donors (Lipinski definition) is 0. The van der Waals surface area contributed by atoms with Gasteiger partial charge in [0.2, 0.25) is 0 Å². The molecular weight excluding hydrogens is 438 g/mol. The maximum Gasteiger partial charge on any atom is 0.151 e. The van der Waals surface area contributed by atoms with Crippen LogP contribution in [0.2, 0.25) is 0 Å². The van der Waals surface area contributed by atoms with Gasteiger partial charge in [-0.15, -0.1) is 6.42 Å². The normalized spacial score (nSPS) is 19.7. The molecule has 2 aliphatic rings. The van der Waals surface area contributed by atoms with Crippen molar-refractivity contribution in [2.45, 2.75) is 76.5 Å². The van der Waals surface area contributed by atoms with Gasteiger partial charge in [-0.1, -0.05) is 61.7 Å². The van der Waals surface area contributed by atoms with Crippen LogP contribution in [0, 0.1) is 25.1 Å². The fourth-order valence-electron chi connectivity index (χ4n) is 5.91. The molecule has 180 valence electrons. The Labute approximate surface area is 207 Å². The molecule has 0 radical (unpaired) electrons. The van der Waals surface area contributed by atoms with Crippen molar-refractivity contribution in [3.05, 3.63) is 88.2 Å². The number of benzene rings is 3. The van der Waals surface area contributed by atoms with E-state index in [1.807, 2.05) is 44.2 Å². The van der Waals surface area contributed by atoms with Crippen molar-refractivity contribution in [2.24, 2.45) is 0 Å². The highest BCUT2D eigenvalue weighted by Crippen LogP contribution is 2.55. The summed E-state index contributed by atoms with van der Waals surface area (Å²) in [5.74, 6) is 3.32. The smallest absolute Gasteiger partial charge is 0.151 e. The maximum absolute atomic E-state index is 16.7. The average Bonchev–Trinajstić information content (AvgIpc) is 2.83. The van der Waals surface area contributed by atoms with E-state index in [0.717, 1.165) is 52.8 Å². The molecule has 1 saturated carbocycles. The molecule has 35 heavy (non-hydrogen) atoms. The Hall–Kier alpha value is -3.12. The Morgan fingerprint density at radius 1 is 1.11 bits per heavy atom. The largest absolute Gasteiger partial charge is 0.487 e. The molecule has 5 rings (SSSR count). The molecule has 3 atom stereocenters. The van der Waals surface area contributed by atoms with Crippen molar-refractivity contribution >= 4 is 0 Å². The number of terminal acetylenes is 1. The molecule has 0 aromatic heterocycles. The zero-order valence-corrected chi connectivity index (χ0v) is 20.7. The zero-order valence-electron chi connectivity index (χ0n) is 20.7. The number of alkyl halides is 1. The fourth-order valence-corrected chi connectivity index (χ4v) is 5.91. The van der Waals surface area contributed by atoms with Crippen molar-refractivity contribution in [3.63, 3.8) is 0 Å². The standard InChI is InChI=1S/C32H32F2O/c1-5-22(6-2)26-18-27-28(21(4)19-32(35-27)16-7-17-32)29(23-12-14-25(33)15-13-23)30(26)31(34)24-10-8-20(3)9-11-24/h1,8-15,18,21-22,31H,6-7,16-17,19H2,2-4H3. The number of hydrogen-bond acceptors (Lipinski definition) is 1. The van der Waals surface area contributed by atoms with Crippen molar-refractivity contribution < 1.29 is 13.5 Å². The summed E-state index contributed by atoms with van der Waals surface area (Å²) in [4.78, 5) is 0. The van der Waals surface area contributed by atoms with Crippen LogP contribution in [-0.2, 0) is 0 Å². The molecule has 1 fully saturated rings. The number of halogens is 2. The Kier molecular flexibility index (Phi) is 6.18. The molecule has 3 heteroatoms. The Morgan fingerprint density at radius 3 is 2.37 bits per heavy atom. The first-order valence-electron chi connectivity index (χ1n) is 12.7. The number of ether oxygens (including phenoxy) is 1. The predicted molar refractivity (Wildman–Crippen MR) is 138 cm³/mol. The minimum Gasteiger partial charge on any atom is -0.487 e. The molecule has 0 N–H and O–H groups in total. The first kappa shape index (κ1) is 23.6. The van der Waals surface area contributed by atoms with E-state index in [9.17, 15) is 4.39 Å². The molecule has 3 aromatic carbocycles. The van der Waals surface area contributed by atoms with Gasteiger partial charge >= 0.3 is 0 Å². The molecule has 0 bridgehead atoms. The molecule has 3 unspecified atom stereocenters. The number of rotatable bonds is 5. The van der Waals surface area contributed by atoms with Crippen LogP contribution in [0.1, 0.15) is 91.8 Å². The second-order valence-electron chi connectivity index (χ2n) is 10.3. The number of aryl methyl sites for hydroxylation is 1. The van der Waals surface area contributed by atoms with Crippen LogP contribution < -0.4 is 4.74 Å². The quantitative estimate of drug-likeness (QED) is 0.339. The summed E-state index contributed by atoms with van der Waals surface area (Å²) >= 11 is 0. The number of fused-ring (bicyclic) bond motifs is 1. The van der Waals surface area contributed by atoms with E-state index < -0.39 is 6.17 Å². The molecule has 3 aromatic rings. The van der Waals surface area contributed by atoms with Crippen LogP contribution in [0.5, 0.6) is 5.75 Å². The Bertz CT molecular complexity index is 1260. The van der Waals surface area contributed by atoms with E-state index >= 15 is 4.39 Å². The van der Waals surface area contributed by atoms with Crippen molar-refractivity contribution in [1.29, 1.82) is 0 Å². The van der Waals surface area contributed by atoms with Gasteiger partial charge in [0.25, 0.3) is 0 Å². The molecule has 0 amide bonds. The lowest BCUT2D eigenvalue weighted by atomic mass is 9.69.